The maximum absolute atomic E-state index is 13.7. The van der Waals surface area contributed by atoms with Gasteiger partial charge in [0.25, 0.3) is 0 Å². The predicted molar refractivity (Wildman–Crippen MR) is 78.7 cm³/mol. The highest BCUT2D eigenvalue weighted by atomic mass is 35.5. The molecule has 22 heavy (non-hydrogen) atoms. The van der Waals surface area contributed by atoms with E-state index in [4.69, 9.17) is 5.73 Å². The van der Waals surface area contributed by atoms with Crippen LogP contribution >= 0.6 is 12.4 Å². The average molecular weight is 359 g/mol. The molecule has 1 heterocycles. The van der Waals surface area contributed by atoms with Gasteiger partial charge in [0.15, 0.2) is 4.90 Å². The van der Waals surface area contributed by atoms with Crippen molar-refractivity contribution in [2.75, 3.05) is 13.1 Å². The number of benzene rings is 1. The third kappa shape index (κ3) is 3.73. The van der Waals surface area contributed by atoms with Gasteiger partial charge in [-0.25, -0.2) is 21.6 Å². The van der Waals surface area contributed by atoms with Crippen LogP contribution in [0.5, 0.6) is 0 Å². The summed E-state index contributed by atoms with van der Waals surface area (Å²) in [5, 5.41) is 0. The zero-order valence-electron chi connectivity index (χ0n) is 11.9. The molecule has 0 bridgehead atoms. The van der Waals surface area contributed by atoms with Crippen LogP contribution in [-0.2, 0) is 10.0 Å². The maximum Gasteiger partial charge on any atom is 0.248 e. The fourth-order valence-electron chi connectivity index (χ4n) is 2.53. The van der Waals surface area contributed by atoms with Gasteiger partial charge in [-0.2, -0.15) is 4.31 Å². The first-order chi connectivity index (χ1) is 9.73. The van der Waals surface area contributed by atoms with E-state index in [9.17, 15) is 21.6 Å². The molecule has 2 rings (SSSR count). The minimum absolute atomic E-state index is 0. The average Bonchev–Trinajstić information content (AvgIpc) is 2.37. The predicted octanol–water partition coefficient (Wildman–Crippen LogP) is 2.27. The first kappa shape index (κ1) is 19.2. The zero-order valence-corrected chi connectivity index (χ0v) is 13.6. The molecule has 2 N–H and O–H groups in total. The lowest BCUT2D eigenvalue weighted by molar-refractivity contribution is 0.242. The van der Waals surface area contributed by atoms with Crippen LogP contribution in [0.15, 0.2) is 17.0 Å². The molecule has 9 heteroatoms. The molecule has 1 aromatic rings. The van der Waals surface area contributed by atoms with E-state index in [-0.39, 0.29) is 37.5 Å². The third-order valence-corrected chi connectivity index (χ3v) is 5.64. The molecule has 2 unspecified atom stereocenters. The highest BCUT2D eigenvalue weighted by Crippen LogP contribution is 2.28. The quantitative estimate of drug-likeness (QED) is 0.901. The summed E-state index contributed by atoms with van der Waals surface area (Å²) < 4.78 is 66.1. The molecule has 0 amide bonds. The molecule has 1 aliphatic rings. The Hall–Kier alpha value is -0.830. The number of sulfonamides is 1. The molecule has 1 saturated heterocycles. The summed E-state index contributed by atoms with van der Waals surface area (Å²) >= 11 is 0. The summed E-state index contributed by atoms with van der Waals surface area (Å²) in [6, 6.07) is 0.511. The van der Waals surface area contributed by atoms with Gasteiger partial charge in [-0.15, -0.1) is 12.4 Å². The van der Waals surface area contributed by atoms with E-state index in [1.807, 2.05) is 0 Å². The molecule has 2 atom stereocenters. The van der Waals surface area contributed by atoms with Crippen LogP contribution in [0.2, 0.25) is 0 Å². The van der Waals surface area contributed by atoms with Crippen molar-refractivity contribution < 1.29 is 21.6 Å². The molecule has 126 valence electrons. The van der Waals surface area contributed by atoms with Crippen LogP contribution in [0.25, 0.3) is 0 Å². The smallest absolute Gasteiger partial charge is 0.248 e. The minimum atomic E-state index is -4.35. The Bertz CT molecular complexity index is 617. The third-order valence-electron chi connectivity index (χ3n) is 3.73. The molecule has 1 fully saturated rings. The van der Waals surface area contributed by atoms with Gasteiger partial charge in [0.1, 0.15) is 17.5 Å². The van der Waals surface area contributed by atoms with Crippen LogP contribution < -0.4 is 5.73 Å². The summed E-state index contributed by atoms with van der Waals surface area (Å²) in [6.45, 7) is 2.04. The minimum Gasteiger partial charge on any atom is -0.328 e. The van der Waals surface area contributed by atoms with Crippen molar-refractivity contribution in [1.29, 1.82) is 0 Å². The lowest BCUT2D eigenvalue weighted by Gasteiger charge is -2.33. The molecule has 4 nitrogen and oxygen atoms in total. The van der Waals surface area contributed by atoms with Crippen LogP contribution in [0.1, 0.15) is 19.8 Å². The van der Waals surface area contributed by atoms with Crippen molar-refractivity contribution in [1.82, 2.24) is 4.31 Å². The fourth-order valence-corrected chi connectivity index (χ4v) is 4.15. The van der Waals surface area contributed by atoms with E-state index in [0.29, 0.717) is 18.6 Å². The number of halogens is 4. The van der Waals surface area contributed by atoms with Gasteiger partial charge in [0, 0.05) is 31.3 Å². The SMILES string of the molecule is CC(N)C1CCCN(S(=O)(=O)c2c(F)cc(F)cc2F)C1.Cl. The Morgan fingerprint density at radius 2 is 1.82 bits per heavy atom. The largest absolute Gasteiger partial charge is 0.328 e. The number of hydrogen-bond acceptors (Lipinski definition) is 3. The Morgan fingerprint density at radius 3 is 2.32 bits per heavy atom. The van der Waals surface area contributed by atoms with Crippen molar-refractivity contribution in [2.45, 2.75) is 30.7 Å². The highest BCUT2D eigenvalue weighted by molar-refractivity contribution is 7.89. The maximum atomic E-state index is 13.7. The van der Waals surface area contributed by atoms with Gasteiger partial charge in [-0.1, -0.05) is 0 Å². The molecule has 0 aromatic heterocycles. The van der Waals surface area contributed by atoms with Crippen molar-refractivity contribution in [3.63, 3.8) is 0 Å². The normalized spacial score (nSPS) is 21.2. The Morgan fingerprint density at radius 1 is 1.27 bits per heavy atom. The number of piperidine rings is 1. The molecule has 0 aliphatic carbocycles. The first-order valence-electron chi connectivity index (χ1n) is 6.63. The summed E-state index contributed by atoms with van der Waals surface area (Å²) in [5.74, 6) is -4.07. The van der Waals surface area contributed by atoms with E-state index in [2.05, 4.69) is 0 Å². The van der Waals surface area contributed by atoms with E-state index in [0.717, 1.165) is 10.7 Å². The summed E-state index contributed by atoms with van der Waals surface area (Å²) in [4.78, 5) is -1.10. The second-order valence-electron chi connectivity index (χ2n) is 5.32. The standard InChI is InChI=1S/C13H17F3N2O2S.ClH/c1-8(17)9-3-2-4-18(7-9)21(19,20)13-11(15)5-10(14)6-12(13)16;/h5-6,8-9H,2-4,7,17H2,1H3;1H. The van der Waals surface area contributed by atoms with Gasteiger partial charge >= 0.3 is 0 Å². The molecule has 0 spiro atoms. The molecule has 0 saturated carbocycles. The first-order valence-corrected chi connectivity index (χ1v) is 8.07. The number of rotatable bonds is 3. The highest BCUT2D eigenvalue weighted by Gasteiger charge is 2.35. The van der Waals surface area contributed by atoms with Gasteiger partial charge in [-0.3, -0.25) is 0 Å². The van der Waals surface area contributed by atoms with Gasteiger partial charge in [-0.05, 0) is 25.7 Å². The zero-order chi connectivity index (χ0) is 15.8. The topological polar surface area (TPSA) is 63.4 Å². The van der Waals surface area contributed by atoms with Crippen molar-refractivity contribution in [3.05, 3.63) is 29.6 Å². The monoisotopic (exact) mass is 358 g/mol. The Labute approximate surface area is 133 Å². The Balaban J connectivity index is 0.00000242. The van der Waals surface area contributed by atoms with Gasteiger partial charge in [0.2, 0.25) is 10.0 Å². The second kappa shape index (κ2) is 7.16. The van der Waals surface area contributed by atoms with E-state index in [1.165, 1.54) is 0 Å². The summed E-state index contributed by atoms with van der Waals surface area (Å²) in [5.41, 5.74) is 5.77. The lowest BCUT2D eigenvalue weighted by atomic mass is 9.93. The van der Waals surface area contributed by atoms with Crippen LogP contribution in [0, 0.1) is 23.4 Å². The molecule has 0 radical (unpaired) electrons. The van der Waals surface area contributed by atoms with Crippen molar-refractivity contribution in [3.8, 4) is 0 Å². The van der Waals surface area contributed by atoms with Gasteiger partial charge < -0.3 is 5.73 Å². The van der Waals surface area contributed by atoms with Gasteiger partial charge in [0.05, 0.1) is 0 Å². The molecule has 1 aromatic carbocycles. The van der Waals surface area contributed by atoms with E-state index >= 15 is 0 Å². The summed E-state index contributed by atoms with van der Waals surface area (Å²) in [7, 11) is -4.35. The van der Waals surface area contributed by atoms with Crippen LogP contribution in [0.3, 0.4) is 0 Å². The van der Waals surface area contributed by atoms with E-state index < -0.39 is 32.4 Å². The molecule has 1 aliphatic heterocycles. The van der Waals surface area contributed by atoms with Crippen molar-refractivity contribution >= 4 is 22.4 Å². The number of nitrogens with two attached hydrogens (primary N) is 1. The molecular formula is C13H18ClF3N2O2S. The lowest BCUT2D eigenvalue weighted by Crippen LogP contribution is -2.45. The Kier molecular flexibility index (Phi) is 6.26. The fraction of sp³-hybridized carbons (Fsp3) is 0.538. The molecular weight excluding hydrogens is 341 g/mol. The van der Waals surface area contributed by atoms with Crippen LogP contribution in [-0.4, -0.2) is 31.9 Å². The van der Waals surface area contributed by atoms with E-state index in [1.54, 1.807) is 6.92 Å². The van der Waals surface area contributed by atoms with Crippen LogP contribution in [0.4, 0.5) is 13.2 Å². The second-order valence-corrected chi connectivity index (χ2v) is 7.20. The summed E-state index contributed by atoms with van der Waals surface area (Å²) in [6.07, 6.45) is 1.33. The number of hydrogen-bond donors (Lipinski definition) is 1. The van der Waals surface area contributed by atoms with Crippen molar-refractivity contribution in [2.24, 2.45) is 11.7 Å². The number of nitrogens with zero attached hydrogens (tertiary/aromatic N) is 1.